The molecule has 3 N–H and O–H groups in total. The second kappa shape index (κ2) is 10.1. The van der Waals surface area contributed by atoms with Gasteiger partial charge in [0, 0.05) is 42.8 Å². The molecular formula is C27H29N7O3. The van der Waals surface area contributed by atoms with Gasteiger partial charge in [-0.05, 0) is 60.7 Å². The van der Waals surface area contributed by atoms with E-state index in [4.69, 9.17) is 9.47 Å². The highest BCUT2D eigenvalue weighted by atomic mass is 16.5. The van der Waals surface area contributed by atoms with Crippen molar-refractivity contribution in [2.45, 2.75) is 18.8 Å². The summed E-state index contributed by atoms with van der Waals surface area (Å²) in [5, 5.41) is 14.9. The molecule has 3 heterocycles. The molecule has 10 heteroatoms. The van der Waals surface area contributed by atoms with E-state index in [1.165, 1.54) is 0 Å². The molecule has 37 heavy (non-hydrogen) atoms. The zero-order valence-electron chi connectivity index (χ0n) is 20.6. The van der Waals surface area contributed by atoms with Gasteiger partial charge in [0.1, 0.15) is 23.7 Å². The highest BCUT2D eigenvalue weighted by Crippen LogP contribution is 2.48. The van der Waals surface area contributed by atoms with Gasteiger partial charge in [0.2, 0.25) is 5.91 Å². The number of amides is 1. The molecule has 2 aromatic carbocycles. The van der Waals surface area contributed by atoms with E-state index in [9.17, 15) is 4.79 Å². The van der Waals surface area contributed by atoms with Gasteiger partial charge in [0.25, 0.3) is 0 Å². The molecule has 2 aliphatic rings. The number of aromatic amines is 1. The molecule has 0 bridgehead atoms. The number of ether oxygens (including phenoxy) is 2. The number of nitrogens with zero attached hydrogens (tertiary/aromatic N) is 4. The maximum atomic E-state index is 12.7. The Balaban J connectivity index is 1.12. The van der Waals surface area contributed by atoms with Gasteiger partial charge < -0.3 is 25.0 Å². The van der Waals surface area contributed by atoms with Gasteiger partial charge in [-0.3, -0.25) is 9.89 Å². The van der Waals surface area contributed by atoms with E-state index in [1.807, 2.05) is 36.4 Å². The molecular weight excluding hydrogens is 470 g/mol. The van der Waals surface area contributed by atoms with Gasteiger partial charge in [-0.25, -0.2) is 9.97 Å². The number of aromatic nitrogens is 4. The van der Waals surface area contributed by atoms with Crippen molar-refractivity contribution in [3.8, 4) is 5.75 Å². The fourth-order valence-electron chi connectivity index (χ4n) is 4.81. The second-order valence-corrected chi connectivity index (χ2v) is 9.38. The normalized spacial score (nSPS) is 19.3. The molecule has 1 saturated heterocycles. The average molecular weight is 500 g/mol. The zero-order chi connectivity index (χ0) is 25.2. The van der Waals surface area contributed by atoms with Crippen LogP contribution in [-0.4, -0.2) is 59.5 Å². The number of nitrogens with one attached hydrogen (secondary N) is 3. The van der Waals surface area contributed by atoms with Crippen molar-refractivity contribution in [3.05, 3.63) is 60.4 Å². The number of hydrogen-bond acceptors (Lipinski definition) is 8. The number of fused-ring (bicyclic) bond motifs is 1. The first-order valence-corrected chi connectivity index (χ1v) is 12.5. The van der Waals surface area contributed by atoms with Gasteiger partial charge in [0.15, 0.2) is 5.82 Å². The van der Waals surface area contributed by atoms with Crippen molar-refractivity contribution in [2.75, 3.05) is 48.9 Å². The van der Waals surface area contributed by atoms with Crippen molar-refractivity contribution in [1.82, 2.24) is 20.2 Å². The number of benzene rings is 2. The number of carbonyl (C=O) groups excluding carboxylic acids is 1. The molecule has 190 valence electrons. The quantitative estimate of drug-likeness (QED) is 0.348. The van der Waals surface area contributed by atoms with Crippen LogP contribution in [0.15, 0.2) is 54.9 Å². The van der Waals surface area contributed by atoms with Crippen LogP contribution in [0.2, 0.25) is 0 Å². The van der Waals surface area contributed by atoms with Crippen LogP contribution in [0.1, 0.15) is 24.3 Å². The fourth-order valence-corrected chi connectivity index (χ4v) is 4.81. The van der Waals surface area contributed by atoms with Crippen molar-refractivity contribution in [2.24, 2.45) is 5.92 Å². The Hall–Kier alpha value is -4.18. The molecule has 4 aromatic rings. The van der Waals surface area contributed by atoms with Gasteiger partial charge in [-0.2, -0.15) is 5.10 Å². The summed E-state index contributed by atoms with van der Waals surface area (Å²) in [6, 6.07) is 15.5. The van der Waals surface area contributed by atoms with Gasteiger partial charge in [-0.1, -0.05) is 6.07 Å². The lowest BCUT2D eigenvalue weighted by Crippen LogP contribution is -2.26. The van der Waals surface area contributed by atoms with Crippen LogP contribution in [0.4, 0.5) is 23.1 Å². The first-order valence-electron chi connectivity index (χ1n) is 12.5. The molecule has 1 saturated carbocycles. The molecule has 1 amide bonds. The predicted molar refractivity (Wildman–Crippen MR) is 142 cm³/mol. The standard InChI is InChI=1S/C27H29N7O3/c1-36-19-6-4-18(5-7-19)30-27(35)22-14-21(22)17-3-8-20-23(13-17)32-33-26(20)31-24-15-25(29-16-28-24)34-9-2-11-37-12-10-34/h3-8,13,15-16,21-22H,2,9-12,14H2,1H3,(H,30,35)(H2,28,29,31,32,33)/t21-,22?/m0/s1. The largest absolute Gasteiger partial charge is 0.497 e. The Kier molecular flexibility index (Phi) is 6.32. The highest BCUT2D eigenvalue weighted by molar-refractivity contribution is 5.96. The summed E-state index contributed by atoms with van der Waals surface area (Å²) in [7, 11) is 1.62. The molecule has 0 spiro atoms. The van der Waals surface area contributed by atoms with Crippen LogP contribution < -0.4 is 20.3 Å². The zero-order valence-corrected chi connectivity index (χ0v) is 20.6. The Labute approximate surface area is 214 Å². The smallest absolute Gasteiger partial charge is 0.228 e. The van der Waals surface area contributed by atoms with E-state index in [-0.39, 0.29) is 17.7 Å². The lowest BCUT2D eigenvalue weighted by atomic mass is 10.1. The van der Waals surface area contributed by atoms with E-state index < -0.39 is 0 Å². The van der Waals surface area contributed by atoms with E-state index in [2.05, 4.69) is 47.8 Å². The van der Waals surface area contributed by atoms with E-state index in [0.29, 0.717) is 18.2 Å². The highest BCUT2D eigenvalue weighted by Gasteiger charge is 2.44. The summed E-state index contributed by atoms with van der Waals surface area (Å²) >= 11 is 0. The van der Waals surface area contributed by atoms with Crippen LogP contribution in [0, 0.1) is 5.92 Å². The summed E-state index contributed by atoms with van der Waals surface area (Å²) in [5.41, 5.74) is 2.82. The van der Waals surface area contributed by atoms with Gasteiger partial charge in [0.05, 0.1) is 19.2 Å². The van der Waals surface area contributed by atoms with Gasteiger partial charge >= 0.3 is 0 Å². The van der Waals surface area contributed by atoms with Crippen LogP contribution >= 0.6 is 0 Å². The first kappa shape index (κ1) is 23.2. The maximum absolute atomic E-state index is 12.7. The van der Waals surface area contributed by atoms with E-state index in [0.717, 1.165) is 66.3 Å². The number of anilines is 4. The second-order valence-electron chi connectivity index (χ2n) is 9.38. The molecule has 1 aliphatic heterocycles. The molecule has 2 aromatic heterocycles. The fraction of sp³-hybridized carbons (Fsp3) is 0.333. The molecule has 1 aliphatic carbocycles. The van der Waals surface area contributed by atoms with E-state index in [1.54, 1.807) is 13.4 Å². The number of carbonyl (C=O) groups is 1. The van der Waals surface area contributed by atoms with Crippen molar-refractivity contribution >= 4 is 40.0 Å². The van der Waals surface area contributed by atoms with Crippen molar-refractivity contribution in [3.63, 3.8) is 0 Å². The summed E-state index contributed by atoms with van der Waals surface area (Å²) < 4.78 is 10.7. The number of rotatable bonds is 7. The average Bonchev–Trinajstić information content (AvgIpc) is 3.70. The lowest BCUT2D eigenvalue weighted by Gasteiger charge is -2.20. The number of hydrogen-bond donors (Lipinski definition) is 3. The summed E-state index contributed by atoms with van der Waals surface area (Å²) in [5.74, 6) is 3.22. The van der Waals surface area contributed by atoms with Crippen LogP contribution in [0.3, 0.4) is 0 Å². The van der Waals surface area contributed by atoms with E-state index >= 15 is 0 Å². The Morgan fingerprint density at radius 3 is 2.86 bits per heavy atom. The minimum atomic E-state index is -0.0381. The first-order chi connectivity index (χ1) is 18.2. The van der Waals surface area contributed by atoms with Crippen molar-refractivity contribution in [1.29, 1.82) is 0 Å². The number of H-pyrrole nitrogens is 1. The Morgan fingerprint density at radius 2 is 2.00 bits per heavy atom. The van der Waals surface area contributed by atoms with Crippen LogP contribution in [0.5, 0.6) is 5.75 Å². The third-order valence-corrected chi connectivity index (χ3v) is 6.95. The third-order valence-electron chi connectivity index (χ3n) is 6.95. The van der Waals surface area contributed by atoms with Crippen LogP contribution in [0.25, 0.3) is 10.9 Å². The molecule has 6 rings (SSSR count). The topological polar surface area (TPSA) is 117 Å². The van der Waals surface area contributed by atoms with Crippen LogP contribution in [-0.2, 0) is 9.53 Å². The molecule has 0 radical (unpaired) electrons. The maximum Gasteiger partial charge on any atom is 0.228 e. The molecule has 1 unspecified atom stereocenters. The lowest BCUT2D eigenvalue weighted by molar-refractivity contribution is -0.117. The van der Waals surface area contributed by atoms with Crippen molar-refractivity contribution < 1.29 is 14.3 Å². The summed E-state index contributed by atoms with van der Waals surface area (Å²) in [6.45, 7) is 3.20. The molecule has 2 atom stereocenters. The van der Waals surface area contributed by atoms with Gasteiger partial charge in [-0.15, -0.1) is 0 Å². The minimum absolute atomic E-state index is 0.0381. The summed E-state index contributed by atoms with van der Waals surface area (Å²) in [6.07, 6.45) is 3.38. The Bertz CT molecular complexity index is 1400. The SMILES string of the molecule is COc1ccc(NC(=O)C2C[C@H]2c2ccc3c(Nc4cc(N5CCCOCC5)ncn4)n[nH]c3c2)cc1. The molecule has 2 fully saturated rings. The Morgan fingerprint density at radius 1 is 1.11 bits per heavy atom. The monoisotopic (exact) mass is 499 g/mol. The third kappa shape index (κ3) is 5.05. The predicted octanol–water partition coefficient (Wildman–Crippen LogP) is 4.07. The number of methoxy groups -OCH3 is 1. The molecule has 10 nitrogen and oxygen atoms in total. The summed E-state index contributed by atoms with van der Waals surface area (Å²) in [4.78, 5) is 23.8. The minimum Gasteiger partial charge on any atom is -0.497 e.